The predicted molar refractivity (Wildman–Crippen MR) is 132 cm³/mol. The summed E-state index contributed by atoms with van der Waals surface area (Å²) in [7, 11) is 0. The van der Waals surface area contributed by atoms with E-state index in [9.17, 15) is 14.7 Å². The van der Waals surface area contributed by atoms with Gasteiger partial charge in [0.05, 0.1) is 11.1 Å². The average Bonchev–Trinajstić information content (AvgIpc) is 3.24. The maximum absolute atomic E-state index is 11.5. The number of carboxylic acid groups (broad SMARTS) is 1. The third kappa shape index (κ3) is 6.50. The van der Waals surface area contributed by atoms with Crippen molar-refractivity contribution < 1.29 is 24.5 Å². The lowest BCUT2D eigenvalue weighted by molar-refractivity contribution is 0.0697. The Morgan fingerprint density at radius 2 is 1.69 bits per heavy atom. The highest BCUT2D eigenvalue weighted by molar-refractivity contribution is 5.87. The van der Waals surface area contributed by atoms with E-state index in [0.717, 1.165) is 12.0 Å². The van der Waals surface area contributed by atoms with Crippen LogP contribution in [-0.2, 0) is 6.42 Å². The number of ether oxygens (including phenoxy) is 2. The molecule has 35 heavy (non-hydrogen) atoms. The second kappa shape index (κ2) is 10.9. The van der Waals surface area contributed by atoms with Gasteiger partial charge in [0.1, 0.15) is 35.5 Å². The molecule has 0 spiro atoms. The standard InChI is InChI=1S/C26H27N3O6/c1-16(27-14-19(30)15-34-23-4-2-3-22-24(23)29-26(33)28-22)13-17-5-9-20(10-6-17)35-21-11-7-18(8-12-21)25(31)32/h2-12,16,19,27,30H,13-15H2,1H3,(H,31,32)(H2,28,29,33)/t16?,19-/m0/s1. The van der Waals surface area contributed by atoms with Gasteiger partial charge in [-0.1, -0.05) is 18.2 Å². The molecule has 0 saturated carbocycles. The molecule has 0 aliphatic carbocycles. The Labute approximate surface area is 201 Å². The molecule has 4 aromatic rings. The second-order valence-electron chi connectivity index (χ2n) is 8.31. The largest absolute Gasteiger partial charge is 0.489 e. The number of aromatic amines is 2. The van der Waals surface area contributed by atoms with Crippen LogP contribution < -0.4 is 20.5 Å². The number of aromatic nitrogens is 2. The van der Waals surface area contributed by atoms with E-state index in [-0.39, 0.29) is 23.9 Å². The first-order chi connectivity index (χ1) is 16.9. The molecule has 4 rings (SSSR count). The zero-order chi connectivity index (χ0) is 24.8. The van der Waals surface area contributed by atoms with E-state index >= 15 is 0 Å². The normalized spacial score (nSPS) is 12.9. The SMILES string of the molecule is CC(Cc1ccc(Oc2ccc(C(=O)O)cc2)cc1)NC[C@H](O)COc1cccc2[nH]c(=O)[nH]c12. The summed E-state index contributed by atoms with van der Waals surface area (Å²) in [6.45, 7) is 2.48. The number of benzene rings is 3. The van der Waals surface area contributed by atoms with Gasteiger partial charge in [-0.05, 0) is 67.4 Å². The van der Waals surface area contributed by atoms with Crippen LogP contribution in [0, 0.1) is 0 Å². The minimum atomic E-state index is -0.976. The maximum atomic E-state index is 11.5. The second-order valence-corrected chi connectivity index (χ2v) is 8.31. The molecule has 5 N–H and O–H groups in total. The fourth-order valence-corrected chi connectivity index (χ4v) is 3.65. The fraction of sp³-hybridized carbons (Fsp3) is 0.231. The Morgan fingerprint density at radius 1 is 1.00 bits per heavy atom. The van der Waals surface area contributed by atoms with Gasteiger partial charge in [-0.2, -0.15) is 0 Å². The summed E-state index contributed by atoms with van der Waals surface area (Å²) in [5.74, 6) is 0.751. The fourth-order valence-electron chi connectivity index (χ4n) is 3.65. The van der Waals surface area contributed by atoms with Gasteiger partial charge in [-0.15, -0.1) is 0 Å². The summed E-state index contributed by atoms with van der Waals surface area (Å²) in [6, 6.07) is 19.3. The van der Waals surface area contributed by atoms with Crippen molar-refractivity contribution >= 4 is 17.0 Å². The lowest BCUT2D eigenvalue weighted by Gasteiger charge is -2.18. The number of hydrogen-bond acceptors (Lipinski definition) is 6. The monoisotopic (exact) mass is 477 g/mol. The molecule has 3 aromatic carbocycles. The van der Waals surface area contributed by atoms with E-state index in [1.165, 1.54) is 12.1 Å². The van der Waals surface area contributed by atoms with Crippen LogP contribution in [0.15, 0.2) is 71.5 Å². The summed E-state index contributed by atoms with van der Waals surface area (Å²) < 4.78 is 11.5. The molecule has 182 valence electrons. The minimum absolute atomic E-state index is 0.0888. The summed E-state index contributed by atoms with van der Waals surface area (Å²) in [6.07, 6.45) is 0.0343. The van der Waals surface area contributed by atoms with E-state index < -0.39 is 12.1 Å². The van der Waals surface area contributed by atoms with Gasteiger partial charge in [0.2, 0.25) is 0 Å². The first-order valence-corrected chi connectivity index (χ1v) is 11.2. The molecule has 0 fully saturated rings. The van der Waals surface area contributed by atoms with Crippen LogP contribution in [0.25, 0.3) is 11.0 Å². The number of hydrogen-bond donors (Lipinski definition) is 5. The third-order valence-electron chi connectivity index (χ3n) is 5.45. The number of carboxylic acids is 1. The Hall–Kier alpha value is -4.08. The van der Waals surface area contributed by atoms with Gasteiger partial charge in [-0.25, -0.2) is 9.59 Å². The van der Waals surface area contributed by atoms with Crippen molar-refractivity contribution in [2.24, 2.45) is 0 Å². The molecule has 1 aromatic heterocycles. The smallest absolute Gasteiger partial charge is 0.335 e. The molecule has 2 atom stereocenters. The molecule has 1 heterocycles. The number of H-pyrrole nitrogens is 2. The van der Waals surface area contributed by atoms with E-state index in [2.05, 4.69) is 15.3 Å². The molecule has 9 nitrogen and oxygen atoms in total. The molecular weight excluding hydrogens is 450 g/mol. The van der Waals surface area contributed by atoms with Crippen molar-refractivity contribution in [1.29, 1.82) is 0 Å². The summed E-state index contributed by atoms with van der Waals surface area (Å²) in [5, 5.41) is 22.6. The quantitative estimate of drug-likeness (QED) is 0.224. The lowest BCUT2D eigenvalue weighted by Crippen LogP contribution is -2.37. The van der Waals surface area contributed by atoms with E-state index in [1.807, 2.05) is 31.2 Å². The number of fused-ring (bicyclic) bond motifs is 1. The number of imidazole rings is 1. The lowest BCUT2D eigenvalue weighted by atomic mass is 10.1. The zero-order valence-corrected chi connectivity index (χ0v) is 19.2. The van der Waals surface area contributed by atoms with Gasteiger partial charge < -0.3 is 35.0 Å². The highest BCUT2D eigenvalue weighted by atomic mass is 16.5. The van der Waals surface area contributed by atoms with Gasteiger partial charge in [0.25, 0.3) is 0 Å². The first kappa shape index (κ1) is 24.1. The van der Waals surface area contributed by atoms with Crippen molar-refractivity contribution in [3.63, 3.8) is 0 Å². The Bertz CT molecular complexity index is 1330. The number of nitrogens with one attached hydrogen (secondary N) is 3. The zero-order valence-electron chi connectivity index (χ0n) is 19.2. The molecule has 0 aliphatic heterocycles. The van der Waals surface area contributed by atoms with Gasteiger partial charge in [-0.3, -0.25) is 0 Å². The summed E-state index contributed by atoms with van der Waals surface area (Å²) >= 11 is 0. The number of para-hydroxylation sites is 1. The average molecular weight is 478 g/mol. The third-order valence-corrected chi connectivity index (χ3v) is 5.45. The van der Waals surface area contributed by atoms with E-state index in [4.69, 9.17) is 14.6 Å². The van der Waals surface area contributed by atoms with Crippen molar-refractivity contribution in [2.45, 2.75) is 25.5 Å². The maximum Gasteiger partial charge on any atom is 0.335 e. The summed E-state index contributed by atoms with van der Waals surface area (Å²) in [5.41, 5.74) is 2.24. The van der Waals surface area contributed by atoms with Gasteiger partial charge in [0, 0.05) is 12.6 Å². The van der Waals surface area contributed by atoms with E-state index in [1.54, 1.807) is 30.3 Å². The molecule has 9 heteroatoms. The summed E-state index contributed by atoms with van der Waals surface area (Å²) in [4.78, 5) is 27.8. The minimum Gasteiger partial charge on any atom is -0.489 e. The van der Waals surface area contributed by atoms with Crippen LogP contribution in [0.3, 0.4) is 0 Å². The highest BCUT2D eigenvalue weighted by Gasteiger charge is 2.11. The van der Waals surface area contributed by atoms with Crippen LogP contribution in [-0.4, -0.2) is 51.4 Å². The van der Waals surface area contributed by atoms with Crippen LogP contribution >= 0.6 is 0 Å². The predicted octanol–water partition coefficient (Wildman–Crippen LogP) is 3.31. The van der Waals surface area contributed by atoms with Crippen LogP contribution in [0.1, 0.15) is 22.8 Å². The highest BCUT2D eigenvalue weighted by Crippen LogP contribution is 2.23. The molecule has 1 unspecified atom stereocenters. The number of rotatable bonds is 11. The number of aliphatic hydroxyl groups excluding tert-OH is 1. The van der Waals surface area contributed by atoms with Crippen molar-refractivity contribution in [1.82, 2.24) is 15.3 Å². The van der Waals surface area contributed by atoms with Crippen LogP contribution in [0.4, 0.5) is 0 Å². The number of carbonyl (C=O) groups is 1. The number of aliphatic hydroxyl groups is 1. The van der Waals surface area contributed by atoms with Gasteiger partial charge >= 0.3 is 11.7 Å². The Balaban J connectivity index is 1.21. The Morgan fingerprint density at radius 3 is 2.37 bits per heavy atom. The first-order valence-electron chi connectivity index (χ1n) is 11.2. The van der Waals surface area contributed by atoms with Crippen LogP contribution in [0.2, 0.25) is 0 Å². The topological polar surface area (TPSA) is 137 Å². The molecule has 0 bridgehead atoms. The Kier molecular flexibility index (Phi) is 7.49. The molecule has 0 amide bonds. The van der Waals surface area contributed by atoms with E-state index in [0.29, 0.717) is 34.8 Å². The van der Waals surface area contributed by atoms with Crippen molar-refractivity contribution in [3.05, 3.63) is 88.3 Å². The van der Waals surface area contributed by atoms with Crippen molar-refractivity contribution in [2.75, 3.05) is 13.2 Å². The molecule has 0 saturated heterocycles. The van der Waals surface area contributed by atoms with Gasteiger partial charge in [0.15, 0.2) is 0 Å². The number of aromatic carboxylic acids is 1. The molecular formula is C26H27N3O6. The van der Waals surface area contributed by atoms with Crippen molar-refractivity contribution in [3.8, 4) is 17.2 Å². The van der Waals surface area contributed by atoms with Crippen LogP contribution in [0.5, 0.6) is 17.2 Å². The molecule has 0 aliphatic rings. The molecule has 0 radical (unpaired) electrons.